The minimum absolute atomic E-state index is 0.0608. The maximum atomic E-state index is 13.6. The number of piperazine rings is 1. The summed E-state index contributed by atoms with van der Waals surface area (Å²) >= 11 is 0. The predicted molar refractivity (Wildman–Crippen MR) is 133 cm³/mol. The molecular formula is C26H23FN6O3. The number of amides is 1. The van der Waals surface area contributed by atoms with Gasteiger partial charge in [0.25, 0.3) is 11.6 Å². The number of hydrogen-bond donors (Lipinski definition) is 0. The molecule has 10 heteroatoms. The van der Waals surface area contributed by atoms with Crippen molar-refractivity contribution in [2.75, 3.05) is 31.1 Å². The van der Waals surface area contributed by atoms with E-state index in [0.29, 0.717) is 48.9 Å². The molecule has 0 aliphatic carbocycles. The summed E-state index contributed by atoms with van der Waals surface area (Å²) in [4.78, 5) is 32.0. The van der Waals surface area contributed by atoms with Crippen LogP contribution in [-0.2, 0) is 0 Å². The Labute approximate surface area is 206 Å². The van der Waals surface area contributed by atoms with Crippen LogP contribution in [0.3, 0.4) is 0 Å². The SMILES string of the molecule is Cc1ccc(-c2nn(-c3ccc(F)cc3)cc2C(=O)N2CCN(c3ccc([N+](=O)[O-])cn3)CC2)cc1. The van der Waals surface area contributed by atoms with E-state index in [4.69, 9.17) is 0 Å². The maximum Gasteiger partial charge on any atom is 0.287 e. The van der Waals surface area contributed by atoms with Crippen LogP contribution in [0.15, 0.2) is 73.1 Å². The Morgan fingerprint density at radius 2 is 1.67 bits per heavy atom. The molecule has 182 valence electrons. The van der Waals surface area contributed by atoms with Crippen LogP contribution >= 0.6 is 0 Å². The Morgan fingerprint density at radius 1 is 0.972 bits per heavy atom. The van der Waals surface area contributed by atoms with Crippen LogP contribution in [0.1, 0.15) is 15.9 Å². The summed E-state index contributed by atoms with van der Waals surface area (Å²) in [5, 5.41) is 15.6. The summed E-state index contributed by atoms with van der Waals surface area (Å²) < 4.78 is 15.0. The highest BCUT2D eigenvalue weighted by Gasteiger charge is 2.27. The van der Waals surface area contributed by atoms with Gasteiger partial charge in [-0.05, 0) is 37.3 Å². The van der Waals surface area contributed by atoms with E-state index in [1.807, 2.05) is 36.1 Å². The number of aryl methyl sites for hydroxylation is 1. The van der Waals surface area contributed by atoms with E-state index in [1.54, 1.807) is 34.0 Å². The molecule has 36 heavy (non-hydrogen) atoms. The molecule has 1 fully saturated rings. The van der Waals surface area contributed by atoms with E-state index >= 15 is 0 Å². The molecule has 0 N–H and O–H groups in total. The summed E-state index contributed by atoms with van der Waals surface area (Å²) in [5.74, 6) is 0.147. The van der Waals surface area contributed by atoms with Crippen LogP contribution < -0.4 is 4.90 Å². The zero-order valence-corrected chi connectivity index (χ0v) is 19.5. The second-order valence-corrected chi connectivity index (χ2v) is 8.59. The van der Waals surface area contributed by atoms with Gasteiger partial charge < -0.3 is 9.80 Å². The van der Waals surface area contributed by atoms with E-state index in [-0.39, 0.29) is 17.4 Å². The van der Waals surface area contributed by atoms with Crippen LogP contribution in [0.5, 0.6) is 0 Å². The molecule has 0 saturated carbocycles. The lowest BCUT2D eigenvalue weighted by atomic mass is 10.1. The first-order valence-electron chi connectivity index (χ1n) is 11.5. The monoisotopic (exact) mass is 486 g/mol. The van der Waals surface area contributed by atoms with Crippen LogP contribution in [0, 0.1) is 22.9 Å². The molecule has 2 aromatic carbocycles. The lowest BCUT2D eigenvalue weighted by Crippen LogP contribution is -2.49. The summed E-state index contributed by atoms with van der Waals surface area (Å²) in [6.45, 7) is 4.01. The van der Waals surface area contributed by atoms with Gasteiger partial charge in [-0.1, -0.05) is 29.8 Å². The van der Waals surface area contributed by atoms with Crippen molar-refractivity contribution < 1.29 is 14.1 Å². The fraction of sp³-hybridized carbons (Fsp3) is 0.192. The van der Waals surface area contributed by atoms with E-state index in [2.05, 4.69) is 10.1 Å². The third-order valence-electron chi connectivity index (χ3n) is 6.19. The smallest absolute Gasteiger partial charge is 0.287 e. The highest BCUT2D eigenvalue weighted by Crippen LogP contribution is 2.26. The zero-order chi connectivity index (χ0) is 25.2. The third-order valence-corrected chi connectivity index (χ3v) is 6.19. The molecule has 0 spiro atoms. The number of halogens is 1. The average molecular weight is 487 g/mol. The van der Waals surface area contributed by atoms with Crippen molar-refractivity contribution >= 4 is 17.4 Å². The molecule has 5 rings (SSSR count). The van der Waals surface area contributed by atoms with Crippen molar-refractivity contribution in [3.63, 3.8) is 0 Å². The summed E-state index contributed by atoms with van der Waals surface area (Å²) in [5.41, 5.74) is 3.53. The number of pyridine rings is 1. The number of nitrogens with zero attached hydrogens (tertiary/aromatic N) is 6. The lowest BCUT2D eigenvalue weighted by Gasteiger charge is -2.35. The van der Waals surface area contributed by atoms with Crippen LogP contribution in [0.25, 0.3) is 16.9 Å². The minimum Gasteiger partial charge on any atom is -0.353 e. The van der Waals surface area contributed by atoms with Gasteiger partial charge in [0.15, 0.2) is 0 Å². The van der Waals surface area contributed by atoms with Crippen molar-refractivity contribution in [3.8, 4) is 16.9 Å². The number of carbonyl (C=O) groups excluding carboxylic acids is 1. The van der Waals surface area contributed by atoms with Gasteiger partial charge in [-0.25, -0.2) is 14.1 Å². The van der Waals surface area contributed by atoms with Crippen LogP contribution in [0.2, 0.25) is 0 Å². The van der Waals surface area contributed by atoms with Crippen molar-refractivity contribution in [1.82, 2.24) is 19.7 Å². The number of hydrogen-bond acceptors (Lipinski definition) is 6. The second-order valence-electron chi connectivity index (χ2n) is 8.59. The largest absolute Gasteiger partial charge is 0.353 e. The second kappa shape index (κ2) is 9.57. The number of carbonyl (C=O) groups is 1. The average Bonchev–Trinajstić information content (AvgIpc) is 3.35. The molecule has 3 heterocycles. The maximum absolute atomic E-state index is 13.6. The fourth-order valence-electron chi connectivity index (χ4n) is 4.16. The van der Waals surface area contributed by atoms with Gasteiger partial charge in [0, 0.05) is 44.0 Å². The molecule has 1 aliphatic heterocycles. The molecule has 1 amide bonds. The van der Waals surface area contributed by atoms with E-state index in [9.17, 15) is 19.3 Å². The van der Waals surface area contributed by atoms with Gasteiger partial charge >= 0.3 is 0 Å². The standard InChI is InChI=1S/C26H23FN6O3/c1-18-2-4-19(5-3-18)25-23(17-32(29-25)21-8-6-20(27)7-9-21)26(34)31-14-12-30(13-15-31)24-11-10-22(16-28-24)33(35)36/h2-11,16-17H,12-15H2,1H3. The Morgan fingerprint density at radius 3 is 2.28 bits per heavy atom. The number of rotatable bonds is 5. The van der Waals surface area contributed by atoms with Gasteiger partial charge in [-0.2, -0.15) is 5.10 Å². The van der Waals surface area contributed by atoms with Crippen LogP contribution in [0.4, 0.5) is 15.9 Å². The molecule has 1 saturated heterocycles. The predicted octanol–water partition coefficient (Wildman–Crippen LogP) is 4.25. The number of benzene rings is 2. The Balaban J connectivity index is 1.39. The molecule has 4 aromatic rings. The molecule has 1 aliphatic rings. The number of nitro groups is 1. The summed E-state index contributed by atoms with van der Waals surface area (Å²) in [7, 11) is 0. The third kappa shape index (κ3) is 4.65. The number of aromatic nitrogens is 3. The van der Waals surface area contributed by atoms with Gasteiger partial charge in [0.1, 0.15) is 23.5 Å². The minimum atomic E-state index is -0.481. The Bertz CT molecular complexity index is 1390. The lowest BCUT2D eigenvalue weighted by molar-refractivity contribution is -0.385. The Kier molecular flexibility index (Phi) is 6.16. The highest BCUT2D eigenvalue weighted by atomic mass is 19.1. The first-order valence-corrected chi connectivity index (χ1v) is 11.5. The summed E-state index contributed by atoms with van der Waals surface area (Å²) in [6.07, 6.45) is 2.93. The van der Waals surface area contributed by atoms with Crippen molar-refractivity contribution in [2.45, 2.75) is 6.92 Å². The first kappa shape index (κ1) is 23.2. The molecule has 0 bridgehead atoms. The van der Waals surface area contributed by atoms with Gasteiger partial charge in [-0.3, -0.25) is 14.9 Å². The van der Waals surface area contributed by atoms with Gasteiger partial charge in [0.2, 0.25) is 0 Å². The number of anilines is 1. The highest BCUT2D eigenvalue weighted by molar-refractivity contribution is 6.00. The molecule has 0 radical (unpaired) electrons. The topological polar surface area (TPSA) is 97.4 Å². The van der Waals surface area contributed by atoms with Crippen molar-refractivity contribution in [3.05, 3.63) is 100 Å². The van der Waals surface area contributed by atoms with Gasteiger partial charge in [-0.15, -0.1) is 0 Å². The van der Waals surface area contributed by atoms with Crippen molar-refractivity contribution in [1.29, 1.82) is 0 Å². The molecule has 0 atom stereocenters. The molecule has 9 nitrogen and oxygen atoms in total. The Hall–Kier alpha value is -4.60. The van der Waals surface area contributed by atoms with Gasteiger partial charge in [0.05, 0.1) is 16.2 Å². The van der Waals surface area contributed by atoms with E-state index < -0.39 is 4.92 Å². The normalized spacial score (nSPS) is 13.6. The van der Waals surface area contributed by atoms with Crippen LogP contribution in [-0.4, -0.2) is 56.7 Å². The fourth-order valence-corrected chi connectivity index (χ4v) is 4.16. The zero-order valence-electron chi connectivity index (χ0n) is 19.5. The summed E-state index contributed by atoms with van der Waals surface area (Å²) in [6, 6.07) is 16.8. The molecule has 2 aromatic heterocycles. The van der Waals surface area contributed by atoms with E-state index in [1.165, 1.54) is 24.4 Å². The quantitative estimate of drug-likeness (QED) is 0.309. The molecule has 0 unspecified atom stereocenters. The first-order chi connectivity index (χ1) is 17.4. The van der Waals surface area contributed by atoms with Crippen molar-refractivity contribution in [2.24, 2.45) is 0 Å². The molecular weight excluding hydrogens is 463 g/mol. The van der Waals surface area contributed by atoms with E-state index in [0.717, 1.165) is 11.1 Å².